The van der Waals surface area contributed by atoms with E-state index in [2.05, 4.69) is 9.97 Å². The van der Waals surface area contributed by atoms with Gasteiger partial charge in [-0.1, -0.05) is 72.8 Å². The molecule has 6 rings (SSSR count). The number of hydrogen-bond acceptors (Lipinski definition) is 6. The average molecular weight is 698 g/mol. The van der Waals surface area contributed by atoms with E-state index in [-0.39, 0.29) is 31.0 Å². The number of nitrogens with zero attached hydrogens (tertiary/aromatic N) is 4. The van der Waals surface area contributed by atoms with E-state index in [1.807, 2.05) is 35.6 Å². The fourth-order valence-corrected chi connectivity index (χ4v) is 5.24. The van der Waals surface area contributed by atoms with Crippen LogP contribution < -0.4 is 10.6 Å². The van der Waals surface area contributed by atoms with Crippen molar-refractivity contribution in [3.05, 3.63) is 135 Å². The van der Waals surface area contributed by atoms with E-state index in [0.717, 1.165) is 0 Å². The van der Waals surface area contributed by atoms with E-state index in [9.17, 15) is 29.1 Å². The molecule has 0 fully saturated rings. The van der Waals surface area contributed by atoms with Gasteiger partial charge in [-0.2, -0.15) is 0 Å². The van der Waals surface area contributed by atoms with Crippen LogP contribution in [0.15, 0.2) is 135 Å². The van der Waals surface area contributed by atoms with Crippen LogP contribution >= 0.6 is 16.1 Å². The Morgan fingerprint density at radius 1 is 0.533 bits per heavy atom. The minimum atomic E-state index is -2.77. The number of rotatable bonds is 4. The molecule has 2 heterocycles. The first-order valence-corrected chi connectivity index (χ1v) is 15.9. The summed E-state index contributed by atoms with van der Waals surface area (Å²) in [5.74, 6) is 0.219. The Hall–Kier alpha value is -4.10. The molecule has 0 saturated carbocycles. The summed E-state index contributed by atoms with van der Waals surface area (Å²) in [6.07, 6.45) is 10.8. The minimum absolute atomic E-state index is 0. The Kier molecular flexibility index (Phi) is 15.9. The Bertz CT molecular complexity index is 1650. The SMILES string of the molecule is Cn1ccnc1.Cn1ccnc1.O=[PH](O)c1ccccc1-c1ccccc1O.O=[PH](O)c1ccccc1-c1ccccc1O.[Zn]. The van der Waals surface area contributed by atoms with E-state index in [0.29, 0.717) is 32.9 Å². The zero-order valence-electron chi connectivity index (χ0n) is 24.8. The molecule has 0 aliphatic heterocycles. The van der Waals surface area contributed by atoms with Crippen molar-refractivity contribution in [2.45, 2.75) is 0 Å². The van der Waals surface area contributed by atoms with Crippen molar-refractivity contribution in [3.63, 3.8) is 0 Å². The summed E-state index contributed by atoms with van der Waals surface area (Å²) < 4.78 is 26.2. The molecule has 4 aromatic carbocycles. The Morgan fingerprint density at radius 2 is 0.844 bits per heavy atom. The molecule has 230 valence electrons. The molecule has 0 aliphatic carbocycles. The molecule has 2 unspecified atom stereocenters. The van der Waals surface area contributed by atoms with Gasteiger partial charge in [0.05, 0.1) is 12.7 Å². The molecule has 45 heavy (non-hydrogen) atoms. The zero-order valence-corrected chi connectivity index (χ0v) is 29.8. The van der Waals surface area contributed by atoms with E-state index >= 15 is 0 Å². The van der Waals surface area contributed by atoms with Gasteiger partial charge >= 0.3 is 0 Å². The normalized spacial score (nSPS) is 11.1. The minimum Gasteiger partial charge on any atom is -0.507 e. The molecule has 0 saturated heterocycles. The van der Waals surface area contributed by atoms with E-state index in [4.69, 9.17) is 0 Å². The van der Waals surface area contributed by atoms with Crippen molar-refractivity contribution in [2.24, 2.45) is 14.1 Å². The summed E-state index contributed by atoms with van der Waals surface area (Å²) >= 11 is 0. The zero-order chi connectivity index (χ0) is 31.9. The summed E-state index contributed by atoms with van der Waals surface area (Å²) in [6.45, 7) is 0. The van der Waals surface area contributed by atoms with Crippen molar-refractivity contribution in [1.29, 1.82) is 0 Å². The van der Waals surface area contributed by atoms with Gasteiger partial charge in [0, 0.05) is 80.1 Å². The third-order valence-electron chi connectivity index (χ3n) is 5.98. The second-order valence-electron chi connectivity index (χ2n) is 9.19. The Morgan fingerprint density at radius 3 is 1.09 bits per heavy atom. The molecular formula is C32H34N4O6P2Zn. The maximum Gasteiger partial charge on any atom is 0.218 e. The van der Waals surface area contributed by atoms with E-state index in [1.165, 1.54) is 0 Å². The van der Waals surface area contributed by atoms with E-state index in [1.54, 1.807) is 122 Å². The number of aryl methyl sites for hydroxylation is 2. The van der Waals surface area contributed by atoms with Gasteiger partial charge in [-0.15, -0.1) is 0 Å². The van der Waals surface area contributed by atoms with E-state index < -0.39 is 16.1 Å². The molecule has 10 nitrogen and oxygen atoms in total. The van der Waals surface area contributed by atoms with Crippen molar-refractivity contribution >= 4 is 26.7 Å². The van der Waals surface area contributed by atoms with Crippen LogP contribution in [0.5, 0.6) is 11.5 Å². The van der Waals surface area contributed by atoms with Crippen LogP contribution in [0.25, 0.3) is 22.3 Å². The summed E-state index contributed by atoms with van der Waals surface area (Å²) in [5, 5.41) is 20.1. The molecule has 4 N–H and O–H groups in total. The molecule has 0 radical (unpaired) electrons. The number of imidazole rings is 2. The van der Waals surface area contributed by atoms with Crippen LogP contribution in [-0.2, 0) is 42.7 Å². The van der Waals surface area contributed by atoms with Gasteiger partial charge in [0.1, 0.15) is 11.5 Å². The Balaban J connectivity index is 0.000000227. The first-order valence-electron chi connectivity index (χ1n) is 13.2. The number of benzene rings is 4. The number of hydrogen-bond donors (Lipinski definition) is 4. The number of aromatic nitrogens is 4. The molecular weight excluding hydrogens is 664 g/mol. The number of para-hydroxylation sites is 2. The third kappa shape index (κ3) is 11.7. The summed E-state index contributed by atoms with van der Waals surface area (Å²) in [5.41, 5.74) is 2.36. The van der Waals surface area contributed by atoms with Gasteiger partial charge in [0.25, 0.3) is 0 Å². The third-order valence-corrected chi connectivity index (χ3v) is 7.77. The molecule has 2 aromatic heterocycles. The maximum atomic E-state index is 11.2. The average Bonchev–Trinajstić information content (AvgIpc) is 3.72. The first kappa shape index (κ1) is 37.1. The van der Waals surface area contributed by atoms with Gasteiger partial charge in [-0.05, 0) is 35.4 Å². The molecule has 0 aliphatic rings. The fourth-order valence-electron chi connectivity index (χ4n) is 3.86. The van der Waals surface area contributed by atoms with Gasteiger partial charge in [0.15, 0.2) is 0 Å². The summed E-state index contributed by atoms with van der Waals surface area (Å²) in [7, 11) is -1.66. The Labute approximate surface area is 275 Å². The topological polar surface area (TPSA) is 151 Å². The summed E-state index contributed by atoms with van der Waals surface area (Å²) in [6, 6.07) is 27.1. The predicted molar refractivity (Wildman–Crippen MR) is 175 cm³/mol. The van der Waals surface area contributed by atoms with Crippen molar-refractivity contribution < 1.29 is 48.6 Å². The van der Waals surface area contributed by atoms with Crippen LogP contribution in [-0.4, -0.2) is 39.1 Å². The van der Waals surface area contributed by atoms with Crippen molar-refractivity contribution in [1.82, 2.24) is 19.1 Å². The van der Waals surface area contributed by atoms with Gasteiger partial charge in [-0.3, -0.25) is 9.13 Å². The largest absolute Gasteiger partial charge is 0.507 e. The van der Waals surface area contributed by atoms with Crippen LogP contribution in [0, 0.1) is 0 Å². The number of phenolic OH excluding ortho intramolecular Hbond substituents is 2. The molecule has 0 bridgehead atoms. The fraction of sp³-hybridized carbons (Fsp3) is 0.0625. The molecule has 6 aromatic rings. The summed E-state index contributed by atoms with van der Waals surface area (Å²) in [4.78, 5) is 26.0. The second kappa shape index (κ2) is 19.3. The van der Waals surface area contributed by atoms with Crippen LogP contribution in [0.3, 0.4) is 0 Å². The number of phenols is 2. The molecule has 0 amide bonds. The van der Waals surface area contributed by atoms with Crippen molar-refractivity contribution in [2.75, 3.05) is 0 Å². The number of aromatic hydroxyl groups is 2. The van der Waals surface area contributed by atoms with Gasteiger partial charge < -0.3 is 29.1 Å². The first-order chi connectivity index (χ1) is 21.2. The van der Waals surface area contributed by atoms with Crippen LogP contribution in [0.1, 0.15) is 0 Å². The quantitative estimate of drug-likeness (QED) is 0.146. The van der Waals surface area contributed by atoms with Crippen molar-refractivity contribution in [3.8, 4) is 33.8 Å². The van der Waals surface area contributed by atoms with Crippen LogP contribution in [0.2, 0.25) is 0 Å². The monoisotopic (exact) mass is 696 g/mol. The molecule has 2 atom stereocenters. The predicted octanol–water partition coefficient (Wildman–Crippen LogP) is 5.14. The van der Waals surface area contributed by atoms with Crippen LogP contribution in [0.4, 0.5) is 0 Å². The maximum absolute atomic E-state index is 11.2. The standard InChI is InChI=1S/2C12H11O3P.2C4H6N2.Zn/c2*13-11-7-3-1-5-9(11)10-6-2-4-8-12(10)16(14)15;2*1-6-3-2-5-4-6;/h2*1-8,13,16H,(H,14,15);2*2-4H,1H3;. The molecule has 0 spiro atoms. The van der Waals surface area contributed by atoms with Gasteiger partial charge in [-0.25, -0.2) is 9.97 Å². The molecule has 13 heteroatoms. The second-order valence-corrected chi connectivity index (χ2v) is 11.5. The van der Waals surface area contributed by atoms with Gasteiger partial charge in [0.2, 0.25) is 16.1 Å². The smallest absolute Gasteiger partial charge is 0.218 e.